The molecule has 1 aromatic carbocycles. The molecule has 32 heavy (non-hydrogen) atoms. The molecule has 0 fully saturated rings. The molecule has 5 rings (SSSR count). The maximum atomic E-state index is 12.9. The normalized spacial score (nSPS) is 10.9. The number of hydrogen-bond acceptors (Lipinski definition) is 7. The molecule has 0 aliphatic rings. The molecule has 1 amide bonds. The summed E-state index contributed by atoms with van der Waals surface area (Å²) in [6.45, 7) is 3.83. The van der Waals surface area contributed by atoms with E-state index < -0.39 is 0 Å². The Hall–Kier alpha value is -4.53. The zero-order valence-electron chi connectivity index (χ0n) is 17.4. The Bertz CT molecular complexity index is 1420. The van der Waals surface area contributed by atoms with Crippen molar-refractivity contribution >= 4 is 28.9 Å². The third-order valence-electron chi connectivity index (χ3n) is 4.98. The van der Waals surface area contributed by atoms with Crippen LogP contribution in [0.25, 0.3) is 17.1 Å². The number of carbonyl (C=O) groups is 1. The van der Waals surface area contributed by atoms with E-state index in [1.165, 1.54) is 0 Å². The van der Waals surface area contributed by atoms with Crippen molar-refractivity contribution < 1.29 is 9.32 Å². The van der Waals surface area contributed by atoms with Crippen LogP contribution in [-0.2, 0) is 0 Å². The van der Waals surface area contributed by atoms with E-state index >= 15 is 0 Å². The van der Waals surface area contributed by atoms with Crippen LogP contribution in [0.15, 0.2) is 71.6 Å². The summed E-state index contributed by atoms with van der Waals surface area (Å²) in [5.41, 5.74) is 5.09. The number of nitrogens with zero attached hydrogens (tertiary/aromatic N) is 5. The van der Waals surface area contributed by atoms with Gasteiger partial charge in [0.25, 0.3) is 17.7 Å². The summed E-state index contributed by atoms with van der Waals surface area (Å²) < 4.78 is 7.07. The van der Waals surface area contributed by atoms with Crippen molar-refractivity contribution in [2.45, 2.75) is 13.8 Å². The minimum atomic E-state index is -0.252. The van der Waals surface area contributed by atoms with Gasteiger partial charge in [0.1, 0.15) is 11.3 Å². The van der Waals surface area contributed by atoms with Crippen LogP contribution in [0.4, 0.5) is 17.3 Å². The maximum Gasteiger partial charge on any atom is 0.274 e. The molecule has 0 bridgehead atoms. The predicted octanol–water partition coefficient (Wildman–Crippen LogP) is 4.39. The summed E-state index contributed by atoms with van der Waals surface area (Å²) in [7, 11) is 0. The SMILES string of the molecule is Cc1ccc(-c2nc(Nc3ccc(C)c(NC(=O)c4cnc5ccccn45)c3)no2)cn1. The van der Waals surface area contributed by atoms with E-state index in [-0.39, 0.29) is 5.91 Å². The van der Waals surface area contributed by atoms with E-state index in [1.807, 2.05) is 62.4 Å². The summed E-state index contributed by atoms with van der Waals surface area (Å²) >= 11 is 0. The zero-order chi connectivity index (χ0) is 22.1. The molecule has 0 aliphatic heterocycles. The minimum Gasteiger partial charge on any atom is -0.332 e. The molecule has 158 valence electrons. The standard InChI is InChI=1S/C23H19N7O2/c1-14-6-9-17(26-23-28-22(32-29-23)16-8-7-15(2)24-12-16)11-18(14)27-21(31)19-13-25-20-5-3-4-10-30(19)20/h3-13H,1-2H3,(H,26,29)(H,27,31). The minimum absolute atomic E-state index is 0.252. The van der Waals surface area contributed by atoms with Gasteiger partial charge >= 0.3 is 0 Å². The quantitative estimate of drug-likeness (QED) is 0.430. The highest BCUT2D eigenvalue weighted by Gasteiger charge is 2.14. The Kier molecular flexibility index (Phi) is 4.83. The number of rotatable bonds is 5. The highest BCUT2D eigenvalue weighted by atomic mass is 16.5. The molecular weight excluding hydrogens is 406 g/mol. The van der Waals surface area contributed by atoms with Crippen LogP contribution < -0.4 is 10.6 Å². The Morgan fingerprint density at radius 3 is 2.78 bits per heavy atom. The van der Waals surface area contributed by atoms with Crippen molar-refractivity contribution in [3.8, 4) is 11.5 Å². The molecule has 0 saturated carbocycles. The van der Waals surface area contributed by atoms with Gasteiger partial charge in [-0.25, -0.2) is 4.98 Å². The molecule has 0 atom stereocenters. The second-order valence-electron chi connectivity index (χ2n) is 7.29. The van der Waals surface area contributed by atoms with Crippen LogP contribution in [0.5, 0.6) is 0 Å². The van der Waals surface area contributed by atoms with Gasteiger partial charge in [0.15, 0.2) is 0 Å². The topological polar surface area (TPSA) is 110 Å². The Morgan fingerprint density at radius 2 is 1.94 bits per heavy atom. The summed E-state index contributed by atoms with van der Waals surface area (Å²) in [4.78, 5) is 25.7. The largest absolute Gasteiger partial charge is 0.332 e. The van der Waals surface area contributed by atoms with Crippen LogP contribution in [0.1, 0.15) is 21.7 Å². The zero-order valence-corrected chi connectivity index (χ0v) is 17.4. The van der Waals surface area contributed by atoms with Crippen molar-refractivity contribution in [3.63, 3.8) is 0 Å². The molecule has 4 aromatic heterocycles. The van der Waals surface area contributed by atoms with Gasteiger partial charge in [-0.05, 0) is 61.0 Å². The lowest BCUT2D eigenvalue weighted by Gasteiger charge is -2.10. The molecule has 9 nitrogen and oxygen atoms in total. The second-order valence-corrected chi connectivity index (χ2v) is 7.29. The number of hydrogen-bond donors (Lipinski definition) is 2. The van der Waals surface area contributed by atoms with Gasteiger partial charge in [-0.3, -0.25) is 14.2 Å². The lowest BCUT2D eigenvalue weighted by molar-refractivity contribution is 0.102. The number of benzene rings is 1. The second kappa shape index (κ2) is 7.95. The molecule has 0 unspecified atom stereocenters. The first-order valence-electron chi connectivity index (χ1n) is 9.95. The monoisotopic (exact) mass is 425 g/mol. The molecule has 4 heterocycles. The lowest BCUT2D eigenvalue weighted by Crippen LogP contribution is -2.15. The van der Waals surface area contributed by atoms with E-state index in [0.29, 0.717) is 34.6 Å². The van der Waals surface area contributed by atoms with Crippen molar-refractivity contribution in [2.75, 3.05) is 10.6 Å². The predicted molar refractivity (Wildman–Crippen MR) is 120 cm³/mol. The molecule has 0 saturated heterocycles. The van der Waals surface area contributed by atoms with E-state index in [4.69, 9.17) is 4.52 Å². The smallest absolute Gasteiger partial charge is 0.274 e. The average Bonchev–Trinajstić information content (AvgIpc) is 3.44. The van der Waals surface area contributed by atoms with Crippen LogP contribution in [0, 0.1) is 13.8 Å². The van der Waals surface area contributed by atoms with Crippen molar-refractivity contribution in [2.24, 2.45) is 0 Å². The Labute approximate surface area is 183 Å². The Morgan fingerprint density at radius 1 is 1.03 bits per heavy atom. The number of imidazole rings is 1. The van der Waals surface area contributed by atoms with Crippen LogP contribution in [0.2, 0.25) is 0 Å². The highest BCUT2D eigenvalue weighted by Crippen LogP contribution is 2.25. The number of amides is 1. The van der Waals surface area contributed by atoms with Crippen LogP contribution >= 0.6 is 0 Å². The van der Waals surface area contributed by atoms with Gasteiger partial charge < -0.3 is 15.2 Å². The summed E-state index contributed by atoms with van der Waals surface area (Å²) in [5.74, 6) is 0.425. The summed E-state index contributed by atoms with van der Waals surface area (Å²) in [6, 6.07) is 14.9. The van der Waals surface area contributed by atoms with Crippen LogP contribution in [0.3, 0.4) is 0 Å². The van der Waals surface area contributed by atoms with Gasteiger partial charge in [-0.2, -0.15) is 4.98 Å². The van der Waals surface area contributed by atoms with Crippen molar-refractivity contribution in [3.05, 3.63) is 84.1 Å². The number of aromatic nitrogens is 5. The van der Waals surface area contributed by atoms with Crippen molar-refractivity contribution in [1.29, 1.82) is 0 Å². The molecule has 0 spiro atoms. The third-order valence-corrected chi connectivity index (χ3v) is 4.98. The van der Waals surface area contributed by atoms with Gasteiger partial charge in [-0.1, -0.05) is 12.1 Å². The highest BCUT2D eigenvalue weighted by molar-refractivity contribution is 6.04. The van der Waals surface area contributed by atoms with Gasteiger partial charge in [0.2, 0.25) is 0 Å². The molecular formula is C23H19N7O2. The van der Waals surface area contributed by atoms with E-state index in [1.54, 1.807) is 23.0 Å². The fraction of sp³-hybridized carbons (Fsp3) is 0.0870. The van der Waals surface area contributed by atoms with Crippen LogP contribution in [-0.4, -0.2) is 30.4 Å². The average molecular weight is 425 g/mol. The van der Waals surface area contributed by atoms with Gasteiger partial charge in [0.05, 0.1) is 11.8 Å². The van der Waals surface area contributed by atoms with E-state index in [9.17, 15) is 4.79 Å². The Balaban J connectivity index is 1.35. The number of nitrogens with one attached hydrogen (secondary N) is 2. The molecule has 2 N–H and O–H groups in total. The molecule has 9 heteroatoms. The number of anilines is 3. The molecule has 5 aromatic rings. The third kappa shape index (κ3) is 3.79. The number of fused-ring (bicyclic) bond motifs is 1. The van der Waals surface area contributed by atoms with Crippen molar-refractivity contribution in [1.82, 2.24) is 24.5 Å². The van der Waals surface area contributed by atoms with Gasteiger partial charge in [0, 0.05) is 29.5 Å². The maximum absolute atomic E-state index is 12.9. The van der Waals surface area contributed by atoms with E-state index in [0.717, 1.165) is 16.8 Å². The first-order valence-corrected chi connectivity index (χ1v) is 9.95. The summed E-state index contributed by atoms with van der Waals surface area (Å²) in [6.07, 6.45) is 5.05. The summed E-state index contributed by atoms with van der Waals surface area (Å²) in [5, 5.41) is 10.0. The molecule has 0 aliphatic carbocycles. The first-order chi connectivity index (χ1) is 15.6. The fourth-order valence-corrected chi connectivity index (χ4v) is 3.24. The first kappa shape index (κ1) is 19.4. The number of aryl methyl sites for hydroxylation is 2. The van der Waals surface area contributed by atoms with E-state index in [2.05, 4.69) is 30.7 Å². The lowest BCUT2D eigenvalue weighted by atomic mass is 10.1. The fourth-order valence-electron chi connectivity index (χ4n) is 3.24. The number of pyridine rings is 2. The number of carbonyl (C=O) groups excluding carboxylic acids is 1. The van der Waals surface area contributed by atoms with Gasteiger partial charge in [-0.15, -0.1) is 0 Å². The molecule has 0 radical (unpaired) electrons.